The van der Waals surface area contributed by atoms with Crippen molar-refractivity contribution in [3.63, 3.8) is 0 Å². The van der Waals surface area contributed by atoms with E-state index in [1.807, 2.05) is 0 Å². The van der Waals surface area contributed by atoms with Gasteiger partial charge in [0, 0.05) is 0 Å². The van der Waals surface area contributed by atoms with Gasteiger partial charge in [0.1, 0.15) is 10.6 Å². The number of carbonyl (C=O) groups is 1. The van der Waals surface area contributed by atoms with Crippen LogP contribution in [0.3, 0.4) is 0 Å². The third-order valence-corrected chi connectivity index (χ3v) is 2.44. The number of hydrogen-bond donors (Lipinski definition) is 2. The van der Waals surface area contributed by atoms with Crippen molar-refractivity contribution in [1.29, 1.82) is 5.53 Å². The SMILES string of the molecule is N=[N+]=NCC(=Cc1cc(F)c(OC(F)F)c(Cl)c1)C(=O)O. The minimum atomic E-state index is -3.24. The second-order valence-electron chi connectivity index (χ2n) is 3.57. The maximum absolute atomic E-state index is 13.6. The summed E-state index contributed by atoms with van der Waals surface area (Å²) >= 11 is 5.60. The highest BCUT2D eigenvalue weighted by Gasteiger charge is 2.16. The molecule has 0 unspecified atom stereocenters. The normalized spacial score (nSPS) is 11.2. The molecular formula is C11H8ClF3N3O3+. The van der Waals surface area contributed by atoms with Crippen LogP contribution in [0, 0.1) is 11.3 Å². The predicted octanol–water partition coefficient (Wildman–Crippen LogP) is 3.10. The molecule has 6 nitrogen and oxygen atoms in total. The number of carboxylic acid groups (broad SMARTS) is 1. The van der Waals surface area contributed by atoms with Gasteiger partial charge in [-0.05, 0) is 23.8 Å². The quantitative estimate of drug-likeness (QED) is 0.478. The van der Waals surface area contributed by atoms with E-state index >= 15 is 0 Å². The average molecular weight is 323 g/mol. The number of carboxylic acids is 1. The Bertz CT molecular complexity index is 607. The van der Waals surface area contributed by atoms with Gasteiger partial charge in [-0.15, -0.1) is 0 Å². The van der Waals surface area contributed by atoms with Gasteiger partial charge >= 0.3 is 12.6 Å². The number of ether oxygens (including phenoxy) is 1. The molecular weight excluding hydrogens is 315 g/mol. The summed E-state index contributed by atoms with van der Waals surface area (Å²) in [6, 6.07) is 1.84. The van der Waals surface area contributed by atoms with E-state index in [9.17, 15) is 18.0 Å². The summed E-state index contributed by atoms with van der Waals surface area (Å²) in [5.74, 6) is -3.35. The van der Waals surface area contributed by atoms with Crippen LogP contribution in [-0.4, -0.2) is 24.2 Å². The predicted molar refractivity (Wildman–Crippen MR) is 65.8 cm³/mol. The van der Waals surface area contributed by atoms with E-state index in [0.29, 0.717) is 0 Å². The smallest absolute Gasteiger partial charge is 0.387 e. The van der Waals surface area contributed by atoms with E-state index in [2.05, 4.69) is 14.8 Å². The summed E-state index contributed by atoms with van der Waals surface area (Å²) < 4.78 is 41.6. The zero-order valence-corrected chi connectivity index (χ0v) is 10.9. The van der Waals surface area contributed by atoms with Crippen LogP contribution in [0.1, 0.15) is 5.56 Å². The first-order chi connectivity index (χ1) is 9.85. The number of benzene rings is 1. The monoisotopic (exact) mass is 322 g/mol. The fourth-order valence-corrected chi connectivity index (χ4v) is 1.61. The standard InChI is InChI=1S/C11H7ClF3N3O3/c12-7-2-5(1-6(10(19)20)4-17-18-16)3-8(13)9(7)21-11(14)15/h1-3,11,16H,4H2/p+1. The number of nitrogens with one attached hydrogen (secondary N) is 1. The van der Waals surface area contributed by atoms with Crippen molar-refractivity contribution in [2.24, 2.45) is 5.11 Å². The van der Waals surface area contributed by atoms with E-state index in [0.717, 1.165) is 18.2 Å². The molecule has 1 rings (SSSR count). The molecule has 0 bridgehead atoms. The van der Waals surface area contributed by atoms with Crippen molar-refractivity contribution < 1.29 is 27.8 Å². The van der Waals surface area contributed by atoms with Gasteiger partial charge in [-0.2, -0.15) is 8.78 Å². The van der Waals surface area contributed by atoms with Crippen LogP contribution in [-0.2, 0) is 4.79 Å². The van der Waals surface area contributed by atoms with Gasteiger partial charge in [0.15, 0.2) is 18.1 Å². The fraction of sp³-hybridized carbons (Fsp3) is 0.182. The van der Waals surface area contributed by atoms with Crippen molar-refractivity contribution in [3.8, 4) is 5.75 Å². The number of aliphatic carboxylic acids is 1. The molecule has 2 N–H and O–H groups in total. The second-order valence-corrected chi connectivity index (χ2v) is 3.97. The van der Waals surface area contributed by atoms with Crippen LogP contribution in [0.2, 0.25) is 5.02 Å². The number of nitrogens with zero attached hydrogens (tertiary/aromatic N) is 2. The van der Waals surface area contributed by atoms with E-state index < -0.39 is 35.7 Å². The lowest BCUT2D eigenvalue weighted by Gasteiger charge is -2.08. The molecule has 0 spiro atoms. The first-order valence-electron chi connectivity index (χ1n) is 5.26. The highest BCUT2D eigenvalue weighted by molar-refractivity contribution is 6.32. The van der Waals surface area contributed by atoms with Crippen LogP contribution in [0.5, 0.6) is 5.75 Å². The maximum atomic E-state index is 13.6. The summed E-state index contributed by atoms with van der Waals surface area (Å²) in [7, 11) is 0. The van der Waals surface area contributed by atoms with Gasteiger partial charge in [0.2, 0.25) is 4.91 Å². The van der Waals surface area contributed by atoms with Crippen molar-refractivity contribution in [2.75, 3.05) is 6.54 Å². The van der Waals surface area contributed by atoms with Crippen molar-refractivity contribution >= 4 is 23.6 Å². The fourth-order valence-electron chi connectivity index (χ4n) is 1.35. The molecule has 1 aromatic carbocycles. The summed E-state index contributed by atoms with van der Waals surface area (Å²) in [5, 5.41) is 11.6. The average Bonchev–Trinajstić information content (AvgIpc) is 2.38. The molecule has 0 saturated carbocycles. The Morgan fingerprint density at radius 3 is 2.71 bits per heavy atom. The van der Waals surface area contributed by atoms with E-state index in [1.54, 1.807) is 0 Å². The van der Waals surface area contributed by atoms with Crippen LogP contribution >= 0.6 is 11.6 Å². The number of hydrogen-bond acceptors (Lipinski definition) is 4. The maximum Gasteiger partial charge on any atom is 0.387 e. The molecule has 0 aliphatic heterocycles. The Labute approximate surface area is 121 Å². The molecule has 0 aliphatic carbocycles. The van der Waals surface area contributed by atoms with Gasteiger partial charge in [0.05, 0.1) is 10.6 Å². The van der Waals surface area contributed by atoms with Gasteiger partial charge in [-0.25, -0.2) is 9.18 Å². The minimum Gasteiger partial charge on any atom is -0.478 e. The zero-order chi connectivity index (χ0) is 16.0. The Hall–Kier alpha value is -2.38. The third-order valence-electron chi connectivity index (χ3n) is 2.15. The summed E-state index contributed by atoms with van der Waals surface area (Å²) in [4.78, 5) is 13.6. The lowest BCUT2D eigenvalue weighted by atomic mass is 10.1. The molecule has 0 fully saturated rings. The number of alkyl halides is 2. The number of halogens is 4. The molecule has 0 saturated heterocycles. The van der Waals surface area contributed by atoms with Crippen molar-refractivity contribution in [1.82, 2.24) is 4.91 Å². The molecule has 0 radical (unpaired) electrons. The lowest BCUT2D eigenvalue weighted by molar-refractivity contribution is -0.132. The molecule has 0 amide bonds. The van der Waals surface area contributed by atoms with Gasteiger partial charge in [-0.3, -0.25) is 0 Å². The minimum absolute atomic E-state index is 0.0108. The molecule has 0 aliphatic rings. The topological polar surface area (TPSA) is 96.8 Å². The van der Waals surface area contributed by atoms with Gasteiger partial charge in [0.25, 0.3) is 0 Å². The van der Waals surface area contributed by atoms with Gasteiger partial charge < -0.3 is 9.84 Å². The van der Waals surface area contributed by atoms with Crippen molar-refractivity contribution in [3.05, 3.63) is 34.1 Å². The molecule has 112 valence electrons. The highest BCUT2D eigenvalue weighted by Crippen LogP contribution is 2.31. The summed E-state index contributed by atoms with van der Waals surface area (Å²) in [6.07, 6.45) is 1.03. The highest BCUT2D eigenvalue weighted by atomic mass is 35.5. The van der Waals surface area contributed by atoms with Gasteiger partial charge in [-0.1, -0.05) is 11.6 Å². The van der Waals surface area contributed by atoms with Crippen LogP contribution in [0.15, 0.2) is 22.8 Å². The molecule has 0 heterocycles. The van der Waals surface area contributed by atoms with E-state index in [1.165, 1.54) is 0 Å². The molecule has 0 atom stereocenters. The Kier molecular flexibility index (Phi) is 5.89. The molecule has 21 heavy (non-hydrogen) atoms. The molecule has 10 heteroatoms. The first kappa shape index (κ1) is 16.7. The van der Waals surface area contributed by atoms with Crippen LogP contribution in [0.4, 0.5) is 13.2 Å². The van der Waals surface area contributed by atoms with Crippen LogP contribution < -0.4 is 9.65 Å². The summed E-state index contributed by atoms with van der Waals surface area (Å²) in [6.45, 7) is -3.65. The molecule has 0 aromatic heterocycles. The second kappa shape index (κ2) is 7.41. The van der Waals surface area contributed by atoms with Crippen molar-refractivity contribution in [2.45, 2.75) is 6.61 Å². The molecule has 1 aromatic rings. The van der Waals surface area contributed by atoms with E-state index in [4.69, 9.17) is 22.2 Å². The Balaban J connectivity index is 3.19. The van der Waals surface area contributed by atoms with Crippen LogP contribution in [0.25, 0.3) is 6.08 Å². The number of rotatable bonds is 6. The first-order valence-corrected chi connectivity index (χ1v) is 5.64. The summed E-state index contributed by atoms with van der Waals surface area (Å²) in [5.41, 5.74) is 6.17. The van der Waals surface area contributed by atoms with E-state index in [-0.39, 0.29) is 11.1 Å². The lowest BCUT2D eigenvalue weighted by Crippen LogP contribution is -2.05. The zero-order valence-electron chi connectivity index (χ0n) is 10.2. The Morgan fingerprint density at radius 2 is 2.24 bits per heavy atom. The largest absolute Gasteiger partial charge is 0.478 e. The Morgan fingerprint density at radius 1 is 1.57 bits per heavy atom. The third kappa shape index (κ3) is 4.90.